The molecule has 1 amide bonds. The van der Waals surface area contributed by atoms with Crippen LogP contribution in [0.3, 0.4) is 0 Å². The summed E-state index contributed by atoms with van der Waals surface area (Å²) in [6.45, 7) is 2.21. The smallest absolute Gasteiger partial charge is 0.266 e. The monoisotopic (exact) mass is 479 g/mol. The summed E-state index contributed by atoms with van der Waals surface area (Å²) in [5.74, 6) is -0.695. The molecule has 4 aromatic rings. The van der Waals surface area contributed by atoms with Gasteiger partial charge in [-0.3, -0.25) is 14.2 Å². The van der Waals surface area contributed by atoms with Gasteiger partial charge in [0, 0.05) is 13.7 Å². The lowest BCUT2D eigenvalue weighted by Crippen LogP contribution is -2.39. The topological polar surface area (TPSA) is 64.4 Å². The van der Waals surface area contributed by atoms with E-state index in [2.05, 4.69) is 0 Å². The molecule has 1 unspecified atom stereocenters. The van der Waals surface area contributed by atoms with E-state index in [1.807, 2.05) is 0 Å². The molecule has 1 atom stereocenters. The van der Waals surface area contributed by atoms with E-state index in [4.69, 9.17) is 21.3 Å². The Kier molecular flexibility index (Phi) is 7.05. The van der Waals surface area contributed by atoms with Crippen molar-refractivity contribution >= 4 is 28.4 Å². The van der Waals surface area contributed by atoms with Gasteiger partial charge < -0.3 is 9.64 Å². The number of amides is 1. The fourth-order valence-corrected chi connectivity index (χ4v) is 4.10. The third-order valence-electron chi connectivity index (χ3n) is 5.64. The molecular formula is C26H23ClFN3O3. The summed E-state index contributed by atoms with van der Waals surface area (Å²) in [7, 11) is 1.53. The number of halogens is 2. The average Bonchev–Trinajstić information content (AvgIpc) is 2.85. The highest BCUT2D eigenvalue weighted by Crippen LogP contribution is 2.27. The quantitative estimate of drug-likeness (QED) is 0.373. The van der Waals surface area contributed by atoms with Crippen LogP contribution in [0.15, 0.2) is 77.6 Å². The van der Waals surface area contributed by atoms with E-state index >= 15 is 0 Å². The van der Waals surface area contributed by atoms with Crippen molar-refractivity contribution in [3.05, 3.63) is 105 Å². The zero-order chi connectivity index (χ0) is 24.2. The third-order valence-corrected chi connectivity index (χ3v) is 5.97. The Hall–Kier alpha value is -3.55. The maximum absolute atomic E-state index is 14.9. The van der Waals surface area contributed by atoms with Gasteiger partial charge in [0.1, 0.15) is 11.6 Å². The molecule has 0 radical (unpaired) electrons. The fourth-order valence-electron chi connectivity index (χ4n) is 3.89. The second kappa shape index (κ2) is 10.2. The Morgan fingerprint density at radius 1 is 1.09 bits per heavy atom. The van der Waals surface area contributed by atoms with Crippen molar-refractivity contribution in [2.24, 2.45) is 0 Å². The third kappa shape index (κ3) is 4.44. The molecule has 1 heterocycles. The average molecular weight is 480 g/mol. The van der Waals surface area contributed by atoms with Gasteiger partial charge in [0.2, 0.25) is 0 Å². The zero-order valence-electron chi connectivity index (χ0n) is 18.7. The van der Waals surface area contributed by atoms with Crippen molar-refractivity contribution in [2.45, 2.75) is 13.0 Å². The first-order chi connectivity index (χ1) is 16.4. The Balaban J connectivity index is 1.93. The van der Waals surface area contributed by atoms with Gasteiger partial charge in [-0.15, -0.1) is 0 Å². The molecule has 8 heteroatoms. The minimum atomic E-state index is -0.712. The van der Waals surface area contributed by atoms with E-state index in [9.17, 15) is 14.0 Å². The molecule has 0 aliphatic heterocycles. The standard InChI is InChI=1S/C26H23ClFN3O3/c1-17(30(15-16-34-2)25(32)18-9-3-5-11-20(18)27)24-29-22-13-7-4-10-19(22)26(33)31(24)23-14-8-6-12-21(23)28/h3-14,17H,15-16H2,1-2H3. The Bertz CT molecular complexity index is 1410. The Morgan fingerprint density at radius 2 is 1.76 bits per heavy atom. The summed E-state index contributed by atoms with van der Waals surface area (Å²) in [5, 5.41) is 0.655. The largest absolute Gasteiger partial charge is 0.383 e. The van der Waals surface area contributed by atoms with E-state index in [0.717, 1.165) is 0 Å². The van der Waals surface area contributed by atoms with Gasteiger partial charge in [0.25, 0.3) is 11.5 Å². The number of benzene rings is 3. The van der Waals surface area contributed by atoms with Crippen LogP contribution >= 0.6 is 11.6 Å². The molecule has 1 aromatic heterocycles. The Morgan fingerprint density at radius 3 is 2.50 bits per heavy atom. The van der Waals surface area contributed by atoms with Gasteiger partial charge >= 0.3 is 0 Å². The molecule has 0 aliphatic rings. The molecular weight excluding hydrogens is 457 g/mol. The summed E-state index contributed by atoms with van der Waals surface area (Å²) in [6.07, 6.45) is 0. The van der Waals surface area contributed by atoms with Crippen molar-refractivity contribution in [3.63, 3.8) is 0 Å². The van der Waals surface area contributed by atoms with E-state index in [0.29, 0.717) is 21.5 Å². The summed E-state index contributed by atoms with van der Waals surface area (Å²) in [6, 6.07) is 18.9. The van der Waals surface area contributed by atoms with Crippen LogP contribution in [-0.4, -0.2) is 40.6 Å². The van der Waals surface area contributed by atoms with Gasteiger partial charge in [-0.05, 0) is 43.3 Å². The second-order valence-corrected chi connectivity index (χ2v) is 8.13. The van der Waals surface area contributed by atoms with Crippen LogP contribution in [0.5, 0.6) is 0 Å². The normalized spacial score (nSPS) is 12.0. The first-order valence-electron chi connectivity index (χ1n) is 10.7. The number of aromatic nitrogens is 2. The summed E-state index contributed by atoms with van der Waals surface area (Å²) in [4.78, 5) is 33.3. The SMILES string of the molecule is COCCN(C(=O)c1ccccc1Cl)C(C)c1nc2ccccc2c(=O)n1-c1ccccc1F. The highest BCUT2D eigenvalue weighted by molar-refractivity contribution is 6.33. The van der Waals surface area contributed by atoms with Crippen molar-refractivity contribution in [2.75, 3.05) is 20.3 Å². The predicted octanol–water partition coefficient (Wildman–Crippen LogP) is 5.03. The van der Waals surface area contributed by atoms with Crippen molar-refractivity contribution in [1.29, 1.82) is 0 Å². The molecule has 174 valence electrons. The molecule has 0 spiro atoms. The van der Waals surface area contributed by atoms with E-state index < -0.39 is 17.4 Å². The number of nitrogens with zero attached hydrogens (tertiary/aromatic N) is 3. The van der Waals surface area contributed by atoms with E-state index in [1.54, 1.807) is 67.6 Å². The molecule has 4 rings (SSSR count). The maximum atomic E-state index is 14.9. The van der Waals surface area contributed by atoms with Gasteiger partial charge in [-0.25, -0.2) is 9.37 Å². The molecule has 3 aromatic carbocycles. The number of para-hydroxylation sites is 2. The highest BCUT2D eigenvalue weighted by atomic mass is 35.5. The van der Waals surface area contributed by atoms with E-state index in [-0.39, 0.29) is 30.6 Å². The van der Waals surface area contributed by atoms with Gasteiger partial charge in [-0.1, -0.05) is 48.0 Å². The van der Waals surface area contributed by atoms with Crippen LogP contribution < -0.4 is 5.56 Å². The van der Waals surface area contributed by atoms with Gasteiger partial charge in [-0.2, -0.15) is 0 Å². The minimum absolute atomic E-state index is 0.0597. The number of carbonyl (C=O) groups is 1. The number of fused-ring (bicyclic) bond motifs is 1. The lowest BCUT2D eigenvalue weighted by Gasteiger charge is -2.30. The van der Waals surface area contributed by atoms with Crippen LogP contribution in [0.4, 0.5) is 4.39 Å². The van der Waals surface area contributed by atoms with Crippen molar-refractivity contribution < 1.29 is 13.9 Å². The predicted molar refractivity (Wildman–Crippen MR) is 130 cm³/mol. The van der Waals surface area contributed by atoms with Gasteiger partial charge in [0.05, 0.1) is 39.8 Å². The fraction of sp³-hybridized carbons (Fsp3) is 0.192. The van der Waals surface area contributed by atoms with Crippen molar-refractivity contribution in [1.82, 2.24) is 14.5 Å². The minimum Gasteiger partial charge on any atom is -0.383 e. The molecule has 0 saturated heterocycles. The first kappa shape index (κ1) is 23.6. The van der Waals surface area contributed by atoms with Crippen LogP contribution in [0.25, 0.3) is 16.6 Å². The van der Waals surface area contributed by atoms with E-state index in [1.165, 1.54) is 28.7 Å². The summed E-state index contributed by atoms with van der Waals surface area (Å²) < 4.78 is 21.3. The summed E-state index contributed by atoms with van der Waals surface area (Å²) >= 11 is 6.30. The number of hydrogen-bond donors (Lipinski definition) is 0. The maximum Gasteiger partial charge on any atom is 0.266 e. The van der Waals surface area contributed by atoms with Gasteiger partial charge in [0.15, 0.2) is 0 Å². The number of methoxy groups -OCH3 is 1. The number of rotatable bonds is 7. The molecule has 0 aliphatic carbocycles. The number of carbonyl (C=O) groups excluding carboxylic acids is 1. The first-order valence-corrected chi connectivity index (χ1v) is 11.1. The van der Waals surface area contributed by atoms with Crippen LogP contribution in [0, 0.1) is 5.82 Å². The molecule has 6 nitrogen and oxygen atoms in total. The Labute approximate surface area is 201 Å². The lowest BCUT2D eigenvalue weighted by molar-refractivity contribution is 0.0605. The number of hydrogen-bond acceptors (Lipinski definition) is 4. The highest BCUT2D eigenvalue weighted by Gasteiger charge is 2.29. The molecule has 0 N–H and O–H groups in total. The van der Waals surface area contributed by atoms with Crippen molar-refractivity contribution in [3.8, 4) is 5.69 Å². The summed E-state index contributed by atoms with van der Waals surface area (Å²) in [5.41, 5.74) is 0.408. The van der Waals surface area contributed by atoms with Crippen LogP contribution in [0.2, 0.25) is 5.02 Å². The number of ether oxygens (including phenoxy) is 1. The van der Waals surface area contributed by atoms with Crippen LogP contribution in [0.1, 0.15) is 29.1 Å². The second-order valence-electron chi connectivity index (χ2n) is 7.73. The zero-order valence-corrected chi connectivity index (χ0v) is 19.5. The molecule has 0 saturated carbocycles. The lowest BCUT2D eigenvalue weighted by atomic mass is 10.1. The van der Waals surface area contributed by atoms with Crippen LogP contribution in [-0.2, 0) is 4.74 Å². The molecule has 0 fully saturated rings. The molecule has 0 bridgehead atoms. The molecule has 34 heavy (non-hydrogen) atoms.